The molecule has 0 aliphatic heterocycles. The number of alkyl carbamates (subject to hydrolysis) is 1. The average Bonchev–Trinajstić information content (AvgIpc) is 2.41. The molecule has 0 heterocycles. The molecule has 1 rings (SSSR count). The van der Waals surface area contributed by atoms with Crippen LogP contribution in [0.25, 0.3) is 0 Å². The number of aliphatic hydroxyl groups is 2. The van der Waals surface area contributed by atoms with Gasteiger partial charge in [-0.1, -0.05) is 22.0 Å². The minimum Gasteiger partial charge on any atom is -0.444 e. The SMILES string of the molecule is CC(C)(C)OC(=O)NCC(O)C(O)c1ccc(Br)c(C(F)(F)F)c1. The molecule has 0 bridgehead atoms. The lowest BCUT2D eigenvalue weighted by molar-refractivity contribution is -0.138. The van der Waals surface area contributed by atoms with E-state index < -0.39 is 35.6 Å². The van der Waals surface area contributed by atoms with E-state index in [0.29, 0.717) is 0 Å². The minimum absolute atomic E-state index is 0.121. The van der Waals surface area contributed by atoms with E-state index in [1.807, 2.05) is 0 Å². The summed E-state index contributed by atoms with van der Waals surface area (Å²) in [6.45, 7) is 4.57. The van der Waals surface area contributed by atoms with Crippen LogP contribution >= 0.6 is 15.9 Å². The Hall–Kier alpha value is -1.32. The highest BCUT2D eigenvalue weighted by molar-refractivity contribution is 9.10. The fraction of sp³-hybridized carbons (Fsp3) is 0.533. The molecule has 9 heteroatoms. The van der Waals surface area contributed by atoms with Crippen molar-refractivity contribution in [3.8, 4) is 0 Å². The largest absolute Gasteiger partial charge is 0.444 e. The second-order valence-corrected chi connectivity index (χ2v) is 6.99. The number of carbonyl (C=O) groups is 1. The van der Waals surface area contributed by atoms with Gasteiger partial charge in [0.1, 0.15) is 17.8 Å². The molecular formula is C15H19BrF3NO4. The molecule has 0 aliphatic carbocycles. The highest BCUT2D eigenvalue weighted by Gasteiger charge is 2.34. The third kappa shape index (κ3) is 6.29. The molecule has 0 saturated heterocycles. The zero-order valence-electron chi connectivity index (χ0n) is 13.3. The highest BCUT2D eigenvalue weighted by Crippen LogP contribution is 2.36. The summed E-state index contributed by atoms with van der Waals surface area (Å²) in [5.74, 6) is 0. The van der Waals surface area contributed by atoms with Crippen LogP contribution in [-0.4, -0.2) is 34.6 Å². The minimum atomic E-state index is -4.60. The number of hydrogen-bond acceptors (Lipinski definition) is 4. The first-order valence-electron chi connectivity index (χ1n) is 7.01. The molecule has 0 aliphatic rings. The van der Waals surface area contributed by atoms with Gasteiger partial charge in [0.2, 0.25) is 0 Å². The Kier molecular flexibility index (Phi) is 6.66. The van der Waals surface area contributed by atoms with Gasteiger partial charge in [0.05, 0.1) is 5.56 Å². The quantitative estimate of drug-likeness (QED) is 0.706. The number of alkyl halides is 3. The van der Waals surface area contributed by atoms with E-state index in [2.05, 4.69) is 21.2 Å². The third-order valence-corrected chi connectivity index (χ3v) is 3.55. The topological polar surface area (TPSA) is 78.8 Å². The molecule has 136 valence electrons. The van der Waals surface area contributed by atoms with Crippen LogP contribution in [0, 0.1) is 0 Å². The lowest BCUT2D eigenvalue weighted by Crippen LogP contribution is -2.38. The molecule has 1 aromatic carbocycles. The van der Waals surface area contributed by atoms with Crippen molar-refractivity contribution in [3.05, 3.63) is 33.8 Å². The monoisotopic (exact) mass is 413 g/mol. The van der Waals surface area contributed by atoms with E-state index in [1.165, 1.54) is 6.07 Å². The summed E-state index contributed by atoms with van der Waals surface area (Å²) in [6, 6.07) is 3.13. The van der Waals surface area contributed by atoms with Crippen molar-refractivity contribution in [2.45, 2.75) is 44.8 Å². The molecule has 3 N–H and O–H groups in total. The highest BCUT2D eigenvalue weighted by atomic mass is 79.9. The molecular weight excluding hydrogens is 395 g/mol. The predicted molar refractivity (Wildman–Crippen MR) is 84.3 cm³/mol. The van der Waals surface area contributed by atoms with Crippen LogP contribution in [0.5, 0.6) is 0 Å². The lowest BCUT2D eigenvalue weighted by Gasteiger charge is -2.22. The Balaban J connectivity index is 2.76. The average molecular weight is 414 g/mol. The van der Waals surface area contributed by atoms with Gasteiger partial charge in [-0.05, 0) is 38.5 Å². The standard InChI is InChI=1S/C15H19BrF3NO4/c1-14(2,3)24-13(23)20-7-11(21)12(22)8-4-5-10(16)9(6-8)15(17,18)19/h4-6,11-12,21-22H,7H2,1-3H3,(H,20,23). The Bertz CT molecular complexity index is 587. The second kappa shape index (κ2) is 7.71. The van der Waals surface area contributed by atoms with Gasteiger partial charge in [-0.3, -0.25) is 0 Å². The molecule has 0 saturated carbocycles. The molecule has 2 atom stereocenters. The first-order chi connectivity index (χ1) is 10.8. The Morgan fingerprint density at radius 2 is 1.88 bits per heavy atom. The van der Waals surface area contributed by atoms with Crippen molar-refractivity contribution in [2.24, 2.45) is 0 Å². The summed E-state index contributed by atoms with van der Waals surface area (Å²) < 4.78 is 43.4. The van der Waals surface area contributed by atoms with E-state index in [4.69, 9.17) is 4.74 Å². The van der Waals surface area contributed by atoms with E-state index >= 15 is 0 Å². The summed E-state index contributed by atoms with van der Waals surface area (Å²) >= 11 is 2.79. The number of halogens is 4. The summed E-state index contributed by atoms with van der Waals surface area (Å²) in [7, 11) is 0. The fourth-order valence-corrected chi connectivity index (χ4v) is 2.25. The van der Waals surface area contributed by atoms with E-state index in [-0.39, 0.29) is 16.6 Å². The number of hydrogen-bond donors (Lipinski definition) is 3. The molecule has 5 nitrogen and oxygen atoms in total. The number of aliphatic hydroxyl groups excluding tert-OH is 2. The zero-order chi connectivity index (χ0) is 18.7. The first-order valence-corrected chi connectivity index (χ1v) is 7.80. The summed E-state index contributed by atoms with van der Waals surface area (Å²) in [4.78, 5) is 11.5. The van der Waals surface area contributed by atoms with Crippen LogP contribution in [-0.2, 0) is 10.9 Å². The normalized spacial score (nSPS) is 14.9. The van der Waals surface area contributed by atoms with Gasteiger partial charge in [-0.15, -0.1) is 0 Å². The van der Waals surface area contributed by atoms with Crippen molar-refractivity contribution in [3.63, 3.8) is 0 Å². The smallest absolute Gasteiger partial charge is 0.417 e. The molecule has 0 fully saturated rings. The van der Waals surface area contributed by atoms with E-state index in [9.17, 15) is 28.2 Å². The Labute approximate surface area is 145 Å². The summed E-state index contributed by atoms with van der Waals surface area (Å²) in [6.07, 6.45) is -8.51. The summed E-state index contributed by atoms with van der Waals surface area (Å²) in [5, 5.41) is 22.1. The van der Waals surface area contributed by atoms with E-state index in [1.54, 1.807) is 20.8 Å². The molecule has 0 aromatic heterocycles. The van der Waals surface area contributed by atoms with Gasteiger partial charge in [0, 0.05) is 11.0 Å². The number of ether oxygens (including phenoxy) is 1. The fourth-order valence-electron chi connectivity index (χ4n) is 1.78. The maximum absolute atomic E-state index is 12.9. The maximum Gasteiger partial charge on any atom is 0.417 e. The van der Waals surface area contributed by atoms with Crippen molar-refractivity contribution in [1.29, 1.82) is 0 Å². The van der Waals surface area contributed by atoms with E-state index in [0.717, 1.165) is 12.1 Å². The molecule has 24 heavy (non-hydrogen) atoms. The maximum atomic E-state index is 12.9. The molecule has 0 spiro atoms. The van der Waals surface area contributed by atoms with Crippen LogP contribution < -0.4 is 5.32 Å². The van der Waals surface area contributed by atoms with Gasteiger partial charge in [0.25, 0.3) is 0 Å². The van der Waals surface area contributed by atoms with Crippen LogP contribution in [0.4, 0.5) is 18.0 Å². The number of benzene rings is 1. The van der Waals surface area contributed by atoms with Gasteiger partial charge in [-0.25, -0.2) is 4.79 Å². The number of carbonyl (C=O) groups excluding carboxylic acids is 1. The third-order valence-electron chi connectivity index (χ3n) is 2.86. The number of amides is 1. The Morgan fingerprint density at radius 3 is 2.38 bits per heavy atom. The first kappa shape index (κ1) is 20.7. The van der Waals surface area contributed by atoms with Crippen molar-refractivity contribution < 1.29 is 32.9 Å². The van der Waals surface area contributed by atoms with Gasteiger partial charge < -0.3 is 20.3 Å². The molecule has 2 unspecified atom stereocenters. The zero-order valence-corrected chi connectivity index (χ0v) is 14.9. The molecule has 1 amide bonds. The Morgan fingerprint density at radius 1 is 1.29 bits per heavy atom. The number of nitrogens with one attached hydrogen (secondary N) is 1. The molecule has 0 radical (unpaired) electrons. The van der Waals surface area contributed by atoms with Crippen LogP contribution in [0.1, 0.15) is 38.0 Å². The van der Waals surface area contributed by atoms with Crippen molar-refractivity contribution in [1.82, 2.24) is 5.32 Å². The van der Waals surface area contributed by atoms with Gasteiger partial charge in [-0.2, -0.15) is 13.2 Å². The van der Waals surface area contributed by atoms with Crippen LogP contribution in [0.2, 0.25) is 0 Å². The van der Waals surface area contributed by atoms with Gasteiger partial charge in [0.15, 0.2) is 0 Å². The predicted octanol–water partition coefficient (Wildman–Crippen LogP) is 3.39. The van der Waals surface area contributed by atoms with Crippen molar-refractivity contribution >= 4 is 22.0 Å². The number of rotatable bonds is 4. The van der Waals surface area contributed by atoms with Crippen LogP contribution in [0.3, 0.4) is 0 Å². The van der Waals surface area contributed by atoms with Crippen LogP contribution in [0.15, 0.2) is 22.7 Å². The summed E-state index contributed by atoms with van der Waals surface area (Å²) in [5.41, 5.74) is -1.82. The molecule has 1 aromatic rings. The van der Waals surface area contributed by atoms with Crippen molar-refractivity contribution in [2.75, 3.05) is 6.54 Å². The lowest BCUT2D eigenvalue weighted by atomic mass is 10.0. The second-order valence-electron chi connectivity index (χ2n) is 6.13. The van der Waals surface area contributed by atoms with Gasteiger partial charge >= 0.3 is 12.3 Å².